The van der Waals surface area contributed by atoms with E-state index in [1.54, 1.807) is 24.0 Å². The van der Waals surface area contributed by atoms with Crippen molar-refractivity contribution in [1.29, 1.82) is 0 Å². The van der Waals surface area contributed by atoms with Gasteiger partial charge in [0.25, 0.3) is 5.91 Å². The maximum Gasteiger partial charge on any atom is 0.307 e. The average molecular weight is 315 g/mol. The van der Waals surface area contributed by atoms with Crippen molar-refractivity contribution in [2.24, 2.45) is 0 Å². The number of rotatable bonds is 7. The number of benzene rings is 1. The van der Waals surface area contributed by atoms with E-state index in [2.05, 4.69) is 0 Å². The number of esters is 1. The number of carbonyl (C=O) groups excluding carboxylic acids is 2. The van der Waals surface area contributed by atoms with Gasteiger partial charge in [-0.15, -0.1) is 0 Å². The molecule has 1 heterocycles. The lowest BCUT2D eigenvalue weighted by Crippen LogP contribution is -2.35. The Bertz CT molecular complexity index is 622. The molecule has 0 bridgehead atoms. The third kappa shape index (κ3) is 4.45. The quantitative estimate of drug-likeness (QED) is 0.734. The van der Waals surface area contributed by atoms with Crippen molar-refractivity contribution in [1.82, 2.24) is 4.90 Å². The first-order chi connectivity index (χ1) is 11.1. The van der Waals surface area contributed by atoms with Crippen LogP contribution in [0.5, 0.6) is 0 Å². The second-order valence-electron chi connectivity index (χ2n) is 5.12. The molecule has 0 radical (unpaired) electrons. The van der Waals surface area contributed by atoms with Gasteiger partial charge in [0.2, 0.25) is 0 Å². The molecule has 1 aromatic heterocycles. The van der Waals surface area contributed by atoms with E-state index in [1.807, 2.05) is 37.3 Å². The Morgan fingerprint density at radius 2 is 1.91 bits per heavy atom. The van der Waals surface area contributed by atoms with Crippen LogP contribution in [-0.2, 0) is 9.53 Å². The molecule has 1 atom stereocenters. The predicted octanol–water partition coefficient (Wildman–Crippen LogP) is 3.44. The molecule has 5 heteroatoms. The Morgan fingerprint density at radius 3 is 2.52 bits per heavy atom. The van der Waals surface area contributed by atoms with Crippen LogP contribution in [0.15, 0.2) is 53.1 Å². The lowest BCUT2D eigenvalue weighted by molar-refractivity contribution is -0.143. The van der Waals surface area contributed by atoms with Crippen molar-refractivity contribution >= 4 is 11.9 Å². The van der Waals surface area contributed by atoms with Gasteiger partial charge in [0.15, 0.2) is 5.76 Å². The Balaban J connectivity index is 2.17. The molecule has 1 unspecified atom stereocenters. The summed E-state index contributed by atoms with van der Waals surface area (Å²) in [5.41, 5.74) is 0.997. The van der Waals surface area contributed by atoms with Gasteiger partial charge in [-0.3, -0.25) is 9.59 Å². The zero-order valence-electron chi connectivity index (χ0n) is 13.4. The molecule has 2 aromatic rings. The number of furan rings is 1. The van der Waals surface area contributed by atoms with E-state index in [4.69, 9.17) is 9.15 Å². The first-order valence-corrected chi connectivity index (χ1v) is 7.68. The first kappa shape index (κ1) is 16.8. The molecule has 5 nitrogen and oxygen atoms in total. The van der Waals surface area contributed by atoms with Crippen LogP contribution in [0.1, 0.15) is 42.4 Å². The summed E-state index contributed by atoms with van der Waals surface area (Å²) in [5, 5.41) is 0. The largest absolute Gasteiger partial charge is 0.466 e. The highest BCUT2D eigenvalue weighted by molar-refractivity contribution is 5.92. The summed E-state index contributed by atoms with van der Waals surface area (Å²) in [6.07, 6.45) is 1.61. The number of hydrogen-bond donors (Lipinski definition) is 0. The lowest BCUT2D eigenvalue weighted by Gasteiger charge is -2.28. The Hall–Kier alpha value is -2.56. The van der Waals surface area contributed by atoms with Crippen molar-refractivity contribution in [2.45, 2.75) is 26.3 Å². The number of carbonyl (C=O) groups is 2. The summed E-state index contributed by atoms with van der Waals surface area (Å²) in [6.45, 7) is 4.30. The van der Waals surface area contributed by atoms with E-state index in [1.165, 1.54) is 6.26 Å². The minimum Gasteiger partial charge on any atom is -0.466 e. The van der Waals surface area contributed by atoms with Crippen molar-refractivity contribution < 1.29 is 18.7 Å². The molecule has 0 spiro atoms. The smallest absolute Gasteiger partial charge is 0.307 e. The topological polar surface area (TPSA) is 59.8 Å². The monoisotopic (exact) mass is 315 g/mol. The van der Waals surface area contributed by atoms with E-state index >= 15 is 0 Å². The van der Waals surface area contributed by atoms with Gasteiger partial charge in [0.1, 0.15) is 0 Å². The van der Waals surface area contributed by atoms with Crippen molar-refractivity contribution in [3.63, 3.8) is 0 Å². The van der Waals surface area contributed by atoms with Gasteiger partial charge in [0.05, 0.1) is 25.3 Å². The van der Waals surface area contributed by atoms with Crippen LogP contribution >= 0.6 is 0 Å². The SMILES string of the molecule is CCOC(=O)CCN(C(=O)c1ccco1)C(C)c1ccccc1. The van der Waals surface area contributed by atoms with E-state index in [0.717, 1.165) is 5.56 Å². The van der Waals surface area contributed by atoms with Crippen LogP contribution in [0.25, 0.3) is 0 Å². The fraction of sp³-hybridized carbons (Fsp3) is 0.333. The van der Waals surface area contributed by atoms with E-state index in [0.29, 0.717) is 6.61 Å². The molecule has 0 N–H and O–H groups in total. The van der Waals surface area contributed by atoms with Gasteiger partial charge in [-0.2, -0.15) is 0 Å². The maximum absolute atomic E-state index is 12.7. The highest BCUT2D eigenvalue weighted by Gasteiger charge is 2.25. The normalized spacial score (nSPS) is 11.7. The highest BCUT2D eigenvalue weighted by atomic mass is 16.5. The van der Waals surface area contributed by atoms with Gasteiger partial charge in [-0.05, 0) is 31.5 Å². The van der Waals surface area contributed by atoms with Crippen LogP contribution in [0.2, 0.25) is 0 Å². The van der Waals surface area contributed by atoms with Gasteiger partial charge >= 0.3 is 5.97 Å². The molecule has 1 aromatic carbocycles. The summed E-state index contributed by atoms with van der Waals surface area (Å²) in [7, 11) is 0. The minimum absolute atomic E-state index is 0.150. The fourth-order valence-electron chi connectivity index (χ4n) is 2.37. The van der Waals surface area contributed by atoms with Crippen LogP contribution in [0, 0.1) is 0 Å². The Kier molecular flexibility index (Phi) is 5.97. The van der Waals surface area contributed by atoms with Gasteiger partial charge < -0.3 is 14.1 Å². The van der Waals surface area contributed by atoms with Gasteiger partial charge in [-0.25, -0.2) is 0 Å². The first-order valence-electron chi connectivity index (χ1n) is 7.68. The molecule has 0 aliphatic carbocycles. The highest BCUT2D eigenvalue weighted by Crippen LogP contribution is 2.22. The van der Waals surface area contributed by atoms with Gasteiger partial charge in [-0.1, -0.05) is 30.3 Å². The molecule has 23 heavy (non-hydrogen) atoms. The third-order valence-electron chi connectivity index (χ3n) is 3.60. The van der Waals surface area contributed by atoms with E-state index in [-0.39, 0.29) is 36.6 Å². The summed E-state index contributed by atoms with van der Waals surface area (Å²) >= 11 is 0. The number of amides is 1. The molecule has 0 fully saturated rings. The number of nitrogens with zero attached hydrogens (tertiary/aromatic N) is 1. The second kappa shape index (κ2) is 8.17. The molecular weight excluding hydrogens is 294 g/mol. The Labute approximate surface area is 135 Å². The zero-order chi connectivity index (χ0) is 16.7. The summed E-state index contributed by atoms with van der Waals surface area (Å²) in [6, 6.07) is 12.8. The van der Waals surface area contributed by atoms with Crippen LogP contribution in [0.3, 0.4) is 0 Å². The fourth-order valence-corrected chi connectivity index (χ4v) is 2.37. The molecule has 2 rings (SSSR count). The van der Waals surface area contributed by atoms with Crippen molar-refractivity contribution in [3.8, 4) is 0 Å². The standard InChI is InChI=1S/C18H21NO4/c1-3-22-17(20)11-12-19(18(21)16-10-7-13-23-16)14(2)15-8-5-4-6-9-15/h4-10,13-14H,3,11-12H2,1-2H3. The van der Waals surface area contributed by atoms with Crippen molar-refractivity contribution in [3.05, 3.63) is 60.1 Å². The average Bonchev–Trinajstić information content (AvgIpc) is 3.10. The maximum atomic E-state index is 12.7. The van der Waals surface area contributed by atoms with E-state index in [9.17, 15) is 9.59 Å². The summed E-state index contributed by atoms with van der Waals surface area (Å²) in [4.78, 5) is 25.9. The number of ether oxygens (including phenoxy) is 1. The summed E-state index contributed by atoms with van der Waals surface area (Å²) < 4.78 is 10.2. The van der Waals surface area contributed by atoms with Crippen LogP contribution < -0.4 is 0 Å². The molecule has 0 saturated carbocycles. The molecule has 0 aliphatic heterocycles. The second-order valence-corrected chi connectivity index (χ2v) is 5.12. The summed E-state index contributed by atoms with van der Waals surface area (Å²) in [5.74, 6) is -0.294. The molecular formula is C18H21NO4. The van der Waals surface area contributed by atoms with Crippen LogP contribution in [-0.4, -0.2) is 29.9 Å². The molecule has 0 saturated heterocycles. The zero-order valence-corrected chi connectivity index (χ0v) is 13.4. The molecule has 122 valence electrons. The minimum atomic E-state index is -0.315. The van der Waals surface area contributed by atoms with Crippen LogP contribution in [0.4, 0.5) is 0 Å². The molecule has 1 amide bonds. The third-order valence-corrected chi connectivity index (χ3v) is 3.60. The predicted molar refractivity (Wildman–Crippen MR) is 85.9 cm³/mol. The lowest BCUT2D eigenvalue weighted by atomic mass is 10.1. The van der Waals surface area contributed by atoms with E-state index < -0.39 is 0 Å². The van der Waals surface area contributed by atoms with Gasteiger partial charge in [0, 0.05) is 6.54 Å². The molecule has 0 aliphatic rings. The number of hydrogen-bond acceptors (Lipinski definition) is 4. The Morgan fingerprint density at radius 1 is 1.17 bits per heavy atom. The van der Waals surface area contributed by atoms with Crippen molar-refractivity contribution in [2.75, 3.05) is 13.2 Å².